The number of methoxy groups -OCH3 is 1. The van der Waals surface area contributed by atoms with E-state index in [0.717, 1.165) is 0 Å². The van der Waals surface area contributed by atoms with Crippen molar-refractivity contribution in [1.82, 2.24) is 0 Å². The lowest BCUT2D eigenvalue weighted by molar-refractivity contribution is -0.144. The van der Waals surface area contributed by atoms with E-state index < -0.39 is 17.4 Å². The highest BCUT2D eigenvalue weighted by Gasteiger charge is 2.34. The van der Waals surface area contributed by atoms with Gasteiger partial charge in [0.1, 0.15) is 0 Å². The van der Waals surface area contributed by atoms with Crippen LogP contribution in [0.25, 0.3) is 0 Å². The average molecular weight is 264 g/mol. The Labute approximate surface area is 113 Å². The van der Waals surface area contributed by atoms with Crippen molar-refractivity contribution in [3.8, 4) is 0 Å². The van der Waals surface area contributed by atoms with Crippen molar-refractivity contribution >= 4 is 23.1 Å². The van der Waals surface area contributed by atoms with E-state index in [2.05, 4.69) is 5.32 Å². The van der Waals surface area contributed by atoms with Gasteiger partial charge in [-0.1, -0.05) is 26.8 Å². The molecule has 1 aromatic rings. The third-order valence-corrected chi connectivity index (χ3v) is 2.61. The summed E-state index contributed by atoms with van der Waals surface area (Å²) in [7, 11) is 1.34. The van der Waals surface area contributed by atoms with E-state index in [-0.39, 0.29) is 5.78 Å². The van der Waals surface area contributed by atoms with E-state index in [4.69, 9.17) is 10.5 Å². The molecule has 0 aliphatic heterocycles. The number of nitrogens with two attached hydrogens (primary N) is 1. The Morgan fingerprint density at radius 1 is 1.32 bits per heavy atom. The summed E-state index contributed by atoms with van der Waals surface area (Å²) in [6.07, 6.45) is -1.12. The Balaban J connectivity index is 2.83. The Morgan fingerprint density at radius 3 is 2.42 bits per heavy atom. The zero-order valence-electron chi connectivity index (χ0n) is 11.7. The first kappa shape index (κ1) is 15.2. The lowest BCUT2D eigenvalue weighted by Gasteiger charge is -2.22. The van der Waals surface area contributed by atoms with Gasteiger partial charge >= 0.3 is 0 Å². The maximum absolute atomic E-state index is 12.1. The summed E-state index contributed by atoms with van der Waals surface area (Å²) in [6, 6.07) is 6.75. The van der Waals surface area contributed by atoms with Gasteiger partial charge in [-0.2, -0.15) is 0 Å². The Kier molecular flexibility index (Phi) is 4.67. The second kappa shape index (κ2) is 5.84. The summed E-state index contributed by atoms with van der Waals surface area (Å²) in [6.45, 7) is 5.24. The third-order valence-electron chi connectivity index (χ3n) is 2.61. The van der Waals surface area contributed by atoms with Crippen LogP contribution in [0.4, 0.5) is 11.4 Å². The lowest BCUT2D eigenvalue weighted by Crippen LogP contribution is -2.42. The quantitative estimate of drug-likeness (QED) is 0.642. The molecule has 0 aliphatic rings. The number of carbonyl (C=O) groups excluding carboxylic acids is 2. The molecular formula is C14H20N2O3. The largest absolute Gasteiger partial charge is 0.399 e. The maximum Gasteiger partial charge on any atom is 0.261 e. The van der Waals surface area contributed by atoms with Gasteiger partial charge in [0.05, 0.1) is 0 Å². The average Bonchev–Trinajstić information content (AvgIpc) is 2.28. The number of ketones is 1. The number of carbonyl (C=O) groups is 2. The van der Waals surface area contributed by atoms with Crippen molar-refractivity contribution in [2.45, 2.75) is 26.9 Å². The molecule has 0 aliphatic carbocycles. The van der Waals surface area contributed by atoms with Gasteiger partial charge in [0.15, 0.2) is 11.9 Å². The van der Waals surface area contributed by atoms with Crippen LogP contribution in [-0.2, 0) is 14.3 Å². The number of ether oxygens (including phenoxy) is 1. The molecule has 5 nitrogen and oxygen atoms in total. The maximum atomic E-state index is 12.1. The first-order valence-electron chi connectivity index (χ1n) is 5.99. The number of nitrogens with one attached hydrogen (secondary N) is 1. The second-order valence-corrected chi connectivity index (χ2v) is 5.34. The Morgan fingerprint density at radius 2 is 1.95 bits per heavy atom. The first-order chi connectivity index (χ1) is 8.75. The summed E-state index contributed by atoms with van der Waals surface area (Å²) < 4.78 is 5.01. The SMILES string of the molecule is COC(C(=O)Nc1cccc(N)c1)C(=O)C(C)(C)C. The van der Waals surface area contributed by atoms with Gasteiger partial charge in [-0.05, 0) is 18.2 Å². The molecule has 19 heavy (non-hydrogen) atoms. The van der Waals surface area contributed by atoms with Crippen LogP contribution in [0.15, 0.2) is 24.3 Å². The van der Waals surface area contributed by atoms with Crippen LogP contribution in [0, 0.1) is 5.41 Å². The highest BCUT2D eigenvalue weighted by molar-refractivity contribution is 6.11. The van der Waals surface area contributed by atoms with Crippen LogP contribution in [0.2, 0.25) is 0 Å². The van der Waals surface area contributed by atoms with Crippen LogP contribution >= 0.6 is 0 Å². The lowest BCUT2D eigenvalue weighted by atomic mass is 9.87. The molecule has 0 heterocycles. The predicted molar refractivity (Wildman–Crippen MR) is 74.7 cm³/mol. The van der Waals surface area contributed by atoms with Crippen LogP contribution in [0.3, 0.4) is 0 Å². The molecule has 104 valence electrons. The van der Waals surface area contributed by atoms with Crippen molar-refractivity contribution in [2.75, 3.05) is 18.2 Å². The van der Waals surface area contributed by atoms with Crippen molar-refractivity contribution in [3.05, 3.63) is 24.3 Å². The van der Waals surface area contributed by atoms with Gasteiger partial charge in [0.25, 0.3) is 5.91 Å². The van der Waals surface area contributed by atoms with Crippen molar-refractivity contribution < 1.29 is 14.3 Å². The van der Waals surface area contributed by atoms with E-state index in [1.165, 1.54) is 7.11 Å². The molecule has 5 heteroatoms. The summed E-state index contributed by atoms with van der Waals surface area (Å²) in [5, 5.41) is 2.62. The van der Waals surface area contributed by atoms with Crippen LogP contribution < -0.4 is 11.1 Å². The topological polar surface area (TPSA) is 81.4 Å². The van der Waals surface area contributed by atoms with E-state index >= 15 is 0 Å². The fourth-order valence-electron chi connectivity index (χ4n) is 1.55. The summed E-state index contributed by atoms with van der Waals surface area (Å²) in [4.78, 5) is 24.1. The zero-order valence-corrected chi connectivity index (χ0v) is 11.7. The minimum Gasteiger partial charge on any atom is -0.399 e. The molecule has 0 radical (unpaired) electrons. The molecule has 1 rings (SSSR count). The molecule has 1 aromatic carbocycles. The number of Topliss-reactive ketones (excluding diaryl/α,β-unsaturated/α-hetero) is 1. The number of hydrogen-bond donors (Lipinski definition) is 2. The zero-order chi connectivity index (χ0) is 14.6. The van der Waals surface area contributed by atoms with Crippen molar-refractivity contribution in [2.24, 2.45) is 5.41 Å². The summed E-state index contributed by atoms with van der Waals surface area (Å²) in [5.74, 6) is -0.760. The Hall–Kier alpha value is -1.88. The van der Waals surface area contributed by atoms with Gasteiger partial charge in [-0.15, -0.1) is 0 Å². The van der Waals surface area contributed by atoms with Gasteiger partial charge in [-0.3, -0.25) is 9.59 Å². The second-order valence-electron chi connectivity index (χ2n) is 5.34. The molecule has 1 amide bonds. The minimum absolute atomic E-state index is 0.267. The van der Waals surface area contributed by atoms with E-state index in [1.54, 1.807) is 45.0 Å². The molecule has 0 spiro atoms. The molecule has 0 bridgehead atoms. The highest BCUT2D eigenvalue weighted by atomic mass is 16.5. The normalized spacial score (nSPS) is 12.8. The minimum atomic E-state index is -1.12. The van der Waals surface area contributed by atoms with Crippen LogP contribution in [0.1, 0.15) is 20.8 Å². The molecule has 0 aromatic heterocycles. The number of rotatable bonds is 4. The summed E-state index contributed by atoms with van der Waals surface area (Å²) in [5.41, 5.74) is 6.05. The molecule has 0 fully saturated rings. The fraction of sp³-hybridized carbons (Fsp3) is 0.429. The number of hydrogen-bond acceptors (Lipinski definition) is 4. The first-order valence-corrected chi connectivity index (χ1v) is 5.99. The van der Waals surface area contributed by atoms with Crippen LogP contribution in [0.5, 0.6) is 0 Å². The van der Waals surface area contributed by atoms with Gasteiger partial charge in [0.2, 0.25) is 0 Å². The third kappa shape index (κ3) is 4.06. The Bertz CT molecular complexity index is 478. The fourth-order valence-corrected chi connectivity index (χ4v) is 1.55. The highest BCUT2D eigenvalue weighted by Crippen LogP contribution is 2.19. The van der Waals surface area contributed by atoms with Crippen molar-refractivity contribution in [1.29, 1.82) is 0 Å². The van der Waals surface area contributed by atoms with Gasteiger partial charge in [-0.25, -0.2) is 0 Å². The molecule has 3 N–H and O–H groups in total. The number of amides is 1. The smallest absolute Gasteiger partial charge is 0.261 e. The predicted octanol–water partition coefficient (Wildman–Crippen LogP) is 1.84. The molecule has 0 saturated heterocycles. The number of benzene rings is 1. The number of anilines is 2. The van der Waals surface area contributed by atoms with Gasteiger partial charge < -0.3 is 15.8 Å². The van der Waals surface area contributed by atoms with Gasteiger partial charge in [0, 0.05) is 23.9 Å². The standard InChI is InChI=1S/C14H20N2O3/c1-14(2,3)12(17)11(19-4)13(18)16-10-7-5-6-9(15)8-10/h5-8,11H,15H2,1-4H3,(H,16,18). The molecule has 1 unspecified atom stereocenters. The molecular weight excluding hydrogens is 244 g/mol. The van der Waals surface area contributed by atoms with E-state index in [1.807, 2.05) is 0 Å². The van der Waals surface area contributed by atoms with Crippen molar-refractivity contribution in [3.63, 3.8) is 0 Å². The molecule has 0 saturated carbocycles. The van der Waals surface area contributed by atoms with E-state index in [9.17, 15) is 9.59 Å². The number of nitrogen functional groups attached to an aromatic ring is 1. The molecule has 1 atom stereocenters. The van der Waals surface area contributed by atoms with E-state index in [0.29, 0.717) is 11.4 Å². The summed E-state index contributed by atoms with van der Waals surface area (Å²) >= 11 is 0. The monoisotopic (exact) mass is 264 g/mol. The van der Waals surface area contributed by atoms with Crippen LogP contribution in [-0.4, -0.2) is 24.9 Å².